The van der Waals surface area contributed by atoms with Crippen molar-refractivity contribution in [2.75, 3.05) is 5.73 Å². The Balaban J connectivity index is 2.10. The lowest BCUT2D eigenvalue weighted by molar-refractivity contribution is 1.30. The number of nitrogen functional groups attached to an aromatic ring is 1. The Morgan fingerprint density at radius 3 is 2.65 bits per heavy atom. The molecule has 2 aromatic carbocycles. The third-order valence-corrected chi connectivity index (χ3v) is 3.99. The van der Waals surface area contributed by atoms with Crippen LogP contribution in [0.1, 0.15) is 11.1 Å². The van der Waals surface area contributed by atoms with Crippen molar-refractivity contribution in [2.24, 2.45) is 0 Å². The highest BCUT2D eigenvalue weighted by molar-refractivity contribution is 7.98. The molecule has 0 fully saturated rings. The summed E-state index contributed by atoms with van der Waals surface area (Å²) in [5, 5.41) is 0.683. The number of anilines is 1. The second-order valence-electron chi connectivity index (χ2n) is 3.90. The number of thioether (sulfide) groups is 1. The Labute approximate surface area is 111 Å². The topological polar surface area (TPSA) is 26.0 Å². The van der Waals surface area contributed by atoms with E-state index in [0.29, 0.717) is 5.02 Å². The number of hydrogen-bond acceptors (Lipinski definition) is 2. The zero-order chi connectivity index (χ0) is 12.3. The lowest BCUT2D eigenvalue weighted by atomic mass is 10.1. The molecule has 0 heterocycles. The summed E-state index contributed by atoms with van der Waals surface area (Å²) < 4.78 is 0. The van der Waals surface area contributed by atoms with Crippen LogP contribution in [0, 0.1) is 6.92 Å². The quantitative estimate of drug-likeness (QED) is 0.651. The number of hydrogen-bond donors (Lipinski definition) is 1. The van der Waals surface area contributed by atoms with Gasteiger partial charge in [-0.25, -0.2) is 0 Å². The van der Waals surface area contributed by atoms with E-state index < -0.39 is 0 Å². The first-order valence-corrected chi connectivity index (χ1v) is 6.75. The molecule has 17 heavy (non-hydrogen) atoms. The van der Waals surface area contributed by atoms with Crippen molar-refractivity contribution in [3.63, 3.8) is 0 Å². The molecule has 3 heteroatoms. The van der Waals surface area contributed by atoms with Gasteiger partial charge in [0.2, 0.25) is 0 Å². The second kappa shape index (κ2) is 5.48. The van der Waals surface area contributed by atoms with Gasteiger partial charge in [-0.15, -0.1) is 11.8 Å². The molecule has 0 aliphatic rings. The average Bonchev–Trinajstić information content (AvgIpc) is 2.30. The van der Waals surface area contributed by atoms with Crippen LogP contribution in [0.25, 0.3) is 0 Å². The van der Waals surface area contributed by atoms with Gasteiger partial charge in [-0.05, 0) is 36.2 Å². The molecule has 0 unspecified atom stereocenters. The minimum absolute atomic E-state index is 0.683. The molecule has 0 aliphatic heterocycles. The van der Waals surface area contributed by atoms with E-state index in [0.717, 1.165) is 16.3 Å². The lowest BCUT2D eigenvalue weighted by Gasteiger charge is -2.07. The predicted octanol–water partition coefficient (Wildman–Crippen LogP) is 4.52. The molecule has 0 aromatic heterocycles. The van der Waals surface area contributed by atoms with Gasteiger partial charge in [0.25, 0.3) is 0 Å². The van der Waals surface area contributed by atoms with Gasteiger partial charge < -0.3 is 5.73 Å². The molecule has 0 saturated carbocycles. The fraction of sp³-hybridized carbons (Fsp3) is 0.143. The molecule has 2 N–H and O–H groups in total. The maximum absolute atomic E-state index is 5.92. The lowest BCUT2D eigenvalue weighted by Crippen LogP contribution is -1.90. The molecular formula is C14H14ClNS. The summed E-state index contributed by atoms with van der Waals surface area (Å²) in [6.07, 6.45) is 0. The first-order chi connectivity index (χ1) is 8.16. The van der Waals surface area contributed by atoms with Crippen LogP contribution in [-0.2, 0) is 5.75 Å². The fourth-order valence-electron chi connectivity index (χ4n) is 1.58. The van der Waals surface area contributed by atoms with Crippen LogP contribution >= 0.6 is 23.4 Å². The summed E-state index contributed by atoms with van der Waals surface area (Å²) in [7, 11) is 0. The molecule has 2 aromatic rings. The van der Waals surface area contributed by atoms with E-state index in [2.05, 4.69) is 31.2 Å². The van der Waals surface area contributed by atoms with Crippen LogP contribution in [-0.4, -0.2) is 0 Å². The van der Waals surface area contributed by atoms with Crippen molar-refractivity contribution in [1.29, 1.82) is 0 Å². The summed E-state index contributed by atoms with van der Waals surface area (Å²) in [6.45, 7) is 2.13. The van der Waals surface area contributed by atoms with Gasteiger partial charge in [-0.2, -0.15) is 0 Å². The molecule has 0 radical (unpaired) electrons. The molecular weight excluding hydrogens is 250 g/mol. The van der Waals surface area contributed by atoms with Gasteiger partial charge in [0, 0.05) is 21.4 Å². The van der Waals surface area contributed by atoms with Gasteiger partial charge in [-0.1, -0.05) is 35.9 Å². The van der Waals surface area contributed by atoms with Gasteiger partial charge in [-0.3, -0.25) is 0 Å². The fourth-order valence-corrected chi connectivity index (χ4v) is 2.78. The largest absolute Gasteiger partial charge is 0.398 e. The summed E-state index contributed by atoms with van der Waals surface area (Å²) >= 11 is 7.61. The Morgan fingerprint density at radius 2 is 1.94 bits per heavy atom. The normalized spacial score (nSPS) is 10.5. The van der Waals surface area contributed by atoms with Gasteiger partial charge in [0.05, 0.1) is 0 Å². The van der Waals surface area contributed by atoms with Crippen LogP contribution < -0.4 is 5.73 Å². The van der Waals surface area contributed by atoms with Crippen molar-refractivity contribution in [1.82, 2.24) is 0 Å². The van der Waals surface area contributed by atoms with Crippen LogP contribution in [0.3, 0.4) is 0 Å². The summed E-state index contributed by atoms with van der Waals surface area (Å²) in [5.74, 6) is 0.929. The first-order valence-electron chi connectivity index (χ1n) is 5.39. The highest BCUT2D eigenvalue weighted by Crippen LogP contribution is 2.30. The van der Waals surface area contributed by atoms with E-state index in [1.807, 2.05) is 12.1 Å². The third-order valence-electron chi connectivity index (χ3n) is 2.62. The Kier molecular flexibility index (Phi) is 3.97. The third kappa shape index (κ3) is 3.18. The van der Waals surface area contributed by atoms with Crippen molar-refractivity contribution in [3.8, 4) is 0 Å². The van der Waals surface area contributed by atoms with Crippen LogP contribution in [0.5, 0.6) is 0 Å². The van der Waals surface area contributed by atoms with E-state index in [4.69, 9.17) is 17.3 Å². The van der Waals surface area contributed by atoms with Crippen molar-refractivity contribution < 1.29 is 0 Å². The molecule has 0 atom stereocenters. The Hall–Kier alpha value is -1.12. The molecule has 0 aliphatic carbocycles. The van der Waals surface area contributed by atoms with Crippen molar-refractivity contribution >= 4 is 29.1 Å². The highest BCUT2D eigenvalue weighted by atomic mass is 35.5. The summed E-state index contributed by atoms with van der Waals surface area (Å²) in [5.41, 5.74) is 9.32. The molecule has 0 saturated heterocycles. The smallest absolute Gasteiger partial charge is 0.0467 e. The number of halogens is 1. The maximum atomic E-state index is 5.92. The summed E-state index contributed by atoms with van der Waals surface area (Å²) in [4.78, 5) is 1.08. The maximum Gasteiger partial charge on any atom is 0.0467 e. The predicted molar refractivity (Wildman–Crippen MR) is 76.6 cm³/mol. The van der Waals surface area contributed by atoms with Gasteiger partial charge in [0.1, 0.15) is 0 Å². The number of aryl methyl sites for hydroxylation is 1. The van der Waals surface area contributed by atoms with Crippen molar-refractivity contribution in [2.45, 2.75) is 17.6 Å². The van der Waals surface area contributed by atoms with E-state index in [9.17, 15) is 0 Å². The standard InChI is InChI=1S/C14H14ClNS/c1-10-4-2-3-5-11(10)9-17-14-7-6-12(15)8-13(14)16/h2-8H,9,16H2,1H3. The molecule has 0 spiro atoms. The molecule has 0 bridgehead atoms. The molecule has 1 nitrogen and oxygen atoms in total. The molecule has 88 valence electrons. The number of nitrogens with two attached hydrogens (primary N) is 1. The minimum atomic E-state index is 0.683. The van der Waals surface area contributed by atoms with Crippen LogP contribution in [0.15, 0.2) is 47.4 Å². The van der Waals surface area contributed by atoms with Crippen molar-refractivity contribution in [3.05, 3.63) is 58.6 Å². The van der Waals surface area contributed by atoms with E-state index in [1.165, 1.54) is 11.1 Å². The van der Waals surface area contributed by atoms with E-state index in [-0.39, 0.29) is 0 Å². The van der Waals surface area contributed by atoms with E-state index >= 15 is 0 Å². The molecule has 2 rings (SSSR count). The van der Waals surface area contributed by atoms with Crippen LogP contribution in [0.4, 0.5) is 5.69 Å². The number of benzene rings is 2. The Bertz CT molecular complexity index is 525. The highest BCUT2D eigenvalue weighted by Gasteiger charge is 2.03. The number of rotatable bonds is 3. The van der Waals surface area contributed by atoms with E-state index in [1.54, 1.807) is 17.8 Å². The SMILES string of the molecule is Cc1ccccc1CSc1ccc(Cl)cc1N. The average molecular weight is 264 g/mol. The second-order valence-corrected chi connectivity index (χ2v) is 5.35. The first kappa shape index (κ1) is 12.3. The summed E-state index contributed by atoms with van der Waals surface area (Å²) in [6, 6.07) is 14.0. The van der Waals surface area contributed by atoms with Crippen LogP contribution in [0.2, 0.25) is 5.02 Å². The Morgan fingerprint density at radius 1 is 1.18 bits per heavy atom. The minimum Gasteiger partial charge on any atom is -0.398 e. The monoisotopic (exact) mass is 263 g/mol. The van der Waals surface area contributed by atoms with Gasteiger partial charge >= 0.3 is 0 Å². The molecule has 0 amide bonds. The van der Waals surface area contributed by atoms with Gasteiger partial charge in [0.15, 0.2) is 0 Å². The zero-order valence-corrected chi connectivity index (χ0v) is 11.2. The zero-order valence-electron chi connectivity index (χ0n) is 9.61.